The summed E-state index contributed by atoms with van der Waals surface area (Å²) in [4.78, 5) is 4.88. The third-order valence-corrected chi connectivity index (χ3v) is 4.29. The summed E-state index contributed by atoms with van der Waals surface area (Å²) in [6.45, 7) is 6.25. The van der Waals surface area contributed by atoms with Crippen LogP contribution in [0.1, 0.15) is 11.1 Å². The average molecular weight is 309 g/mol. The van der Waals surface area contributed by atoms with E-state index in [4.69, 9.17) is 4.74 Å². The van der Waals surface area contributed by atoms with Crippen LogP contribution < -0.4 is 4.74 Å². The van der Waals surface area contributed by atoms with E-state index >= 15 is 0 Å². The summed E-state index contributed by atoms with van der Waals surface area (Å²) in [5, 5.41) is 0. The van der Waals surface area contributed by atoms with Gasteiger partial charge in [0.2, 0.25) is 0 Å². The molecule has 0 unspecified atom stereocenters. The summed E-state index contributed by atoms with van der Waals surface area (Å²) in [5.74, 6) is 0.931. The highest BCUT2D eigenvalue weighted by Gasteiger charge is 2.13. The van der Waals surface area contributed by atoms with Gasteiger partial charge in [-0.3, -0.25) is 0 Å². The van der Waals surface area contributed by atoms with Gasteiger partial charge in [-0.05, 0) is 30.3 Å². The molecule has 3 rings (SSSR count). The fourth-order valence-corrected chi connectivity index (χ4v) is 2.74. The van der Waals surface area contributed by atoms with Gasteiger partial charge < -0.3 is 14.5 Å². The predicted molar refractivity (Wildman–Crippen MR) is 94.6 cm³/mol. The molecular weight excluding hydrogens is 284 g/mol. The van der Waals surface area contributed by atoms with E-state index in [0.717, 1.165) is 38.5 Å². The van der Waals surface area contributed by atoms with Crippen molar-refractivity contribution in [2.45, 2.75) is 6.61 Å². The molecule has 1 heterocycles. The minimum Gasteiger partial charge on any atom is -0.489 e. The van der Waals surface area contributed by atoms with E-state index in [-0.39, 0.29) is 0 Å². The number of piperazine rings is 1. The van der Waals surface area contributed by atoms with Crippen LogP contribution in [0, 0.1) is 6.42 Å². The van der Waals surface area contributed by atoms with Crippen LogP contribution in [0.25, 0.3) is 0 Å². The second kappa shape index (κ2) is 8.14. The topological polar surface area (TPSA) is 15.7 Å². The number of ether oxygens (including phenoxy) is 1. The predicted octanol–water partition coefficient (Wildman–Crippen LogP) is 3.07. The molecule has 0 atom stereocenters. The smallest absolute Gasteiger partial charge is 0.120 e. The van der Waals surface area contributed by atoms with Crippen molar-refractivity contribution in [3.8, 4) is 5.75 Å². The Morgan fingerprint density at radius 3 is 2.52 bits per heavy atom. The SMILES string of the molecule is CN1CCN(C[CH]c2cccc(OCc3ccccc3)c2)CC1. The molecule has 0 spiro atoms. The monoisotopic (exact) mass is 309 g/mol. The molecule has 1 saturated heterocycles. The zero-order valence-electron chi connectivity index (χ0n) is 13.8. The highest BCUT2D eigenvalue weighted by Crippen LogP contribution is 2.17. The number of hydrogen-bond donors (Lipinski definition) is 0. The summed E-state index contributed by atoms with van der Waals surface area (Å²) in [7, 11) is 2.19. The van der Waals surface area contributed by atoms with Crippen LogP contribution in [0.5, 0.6) is 5.75 Å². The van der Waals surface area contributed by atoms with Crippen LogP contribution in [0.15, 0.2) is 54.6 Å². The standard InChI is InChI=1S/C20H25N2O/c1-21-12-14-22(15-13-21)11-10-18-8-5-9-20(16-18)23-17-19-6-3-2-4-7-19/h2-10,16H,11-15,17H2,1H3. The van der Waals surface area contributed by atoms with E-state index in [0.29, 0.717) is 6.61 Å². The van der Waals surface area contributed by atoms with E-state index in [2.05, 4.69) is 53.6 Å². The van der Waals surface area contributed by atoms with Gasteiger partial charge in [-0.2, -0.15) is 0 Å². The maximum absolute atomic E-state index is 5.90. The van der Waals surface area contributed by atoms with Crippen molar-refractivity contribution in [1.82, 2.24) is 9.80 Å². The van der Waals surface area contributed by atoms with Gasteiger partial charge in [0.25, 0.3) is 0 Å². The number of rotatable bonds is 6. The van der Waals surface area contributed by atoms with Gasteiger partial charge in [0, 0.05) is 39.1 Å². The van der Waals surface area contributed by atoms with Crippen molar-refractivity contribution >= 4 is 0 Å². The first-order chi connectivity index (χ1) is 11.3. The van der Waals surface area contributed by atoms with Crippen molar-refractivity contribution in [3.63, 3.8) is 0 Å². The molecule has 121 valence electrons. The van der Waals surface area contributed by atoms with Crippen LogP contribution in [0.2, 0.25) is 0 Å². The minimum atomic E-state index is 0.614. The van der Waals surface area contributed by atoms with Crippen LogP contribution in [0.4, 0.5) is 0 Å². The van der Waals surface area contributed by atoms with Gasteiger partial charge in [-0.25, -0.2) is 0 Å². The first-order valence-electron chi connectivity index (χ1n) is 8.30. The number of benzene rings is 2. The lowest BCUT2D eigenvalue weighted by Gasteiger charge is -2.32. The molecule has 0 N–H and O–H groups in total. The highest BCUT2D eigenvalue weighted by molar-refractivity contribution is 5.33. The van der Waals surface area contributed by atoms with Crippen molar-refractivity contribution in [1.29, 1.82) is 0 Å². The third kappa shape index (κ3) is 5.08. The normalized spacial score (nSPS) is 16.4. The molecule has 1 fully saturated rings. The largest absolute Gasteiger partial charge is 0.489 e. The van der Waals surface area contributed by atoms with Crippen molar-refractivity contribution in [2.75, 3.05) is 39.8 Å². The number of hydrogen-bond acceptors (Lipinski definition) is 3. The number of nitrogens with zero attached hydrogens (tertiary/aromatic N) is 2. The summed E-state index contributed by atoms with van der Waals surface area (Å²) in [6, 6.07) is 18.6. The van der Waals surface area contributed by atoms with Crippen LogP contribution in [-0.4, -0.2) is 49.6 Å². The van der Waals surface area contributed by atoms with Crippen LogP contribution in [0.3, 0.4) is 0 Å². The van der Waals surface area contributed by atoms with Gasteiger partial charge in [-0.1, -0.05) is 42.5 Å². The zero-order chi connectivity index (χ0) is 15.9. The van der Waals surface area contributed by atoms with Crippen molar-refractivity contribution < 1.29 is 4.74 Å². The van der Waals surface area contributed by atoms with Gasteiger partial charge in [0.1, 0.15) is 12.4 Å². The second-order valence-corrected chi connectivity index (χ2v) is 6.15. The second-order valence-electron chi connectivity index (χ2n) is 6.15. The van der Waals surface area contributed by atoms with Gasteiger partial charge in [-0.15, -0.1) is 0 Å². The number of likely N-dealkylation sites (N-methyl/N-ethyl adjacent to an activating group) is 1. The molecule has 2 aromatic rings. The molecule has 2 aromatic carbocycles. The molecule has 0 aliphatic carbocycles. The summed E-state index contributed by atoms with van der Waals surface area (Å²) in [5.41, 5.74) is 2.42. The molecule has 23 heavy (non-hydrogen) atoms. The zero-order valence-corrected chi connectivity index (χ0v) is 13.8. The van der Waals surface area contributed by atoms with E-state index in [1.165, 1.54) is 11.1 Å². The molecular formula is C20H25N2O. The molecule has 3 nitrogen and oxygen atoms in total. The Hall–Kier alpha value is -1.84. The summed E-state index contributed by atoms with van der Waals surface area (Å²) < 4.78 is 5.90. The Kier molecular flexibility index (Phi) is 5.67. The Labute approximate surface area is 139 Å². The maximum atomic E-state index is 5.90. The van der Waals surface area contributed by atoms with Gasteiger partial charge in [0.05, 0.1) is 0 Å². The lowest BCUT2D eigenvalue weighted by Crippen LogP contribution is -2.44. The van der Waals surface area contributed by atoms with Gasteiger partial charge in [0.15, 0.2) is 0 Å². The molecule has 0 aromatic heterocycles. The minimum absolute atomic E-state index is 0.614. The van der Waals surface area contributed by atoms with E-state index in [1.807, 2.05) is 24.3 Å². The molecule has 0 amide bonds. The molecule has 1 aliphatic rings. The van der Waals surface area contributed by atoms with Crippen molar-refractivity contribution in [2.24, 2.45) is 0 Å². The first kappa shape index (κ1) is 16.0. The van der Waals surface area contributed by atoms with Gasteiger partial charge >= 0.3 is 0 Å². The molecule has 0 bridgehead atoms. The Morgan fingerprint density at radius 2 is 1.74 bits per heavy atom. The molecule has 3 heteroatoms. The third-order valence-electron chi connectivity index (χ3n) is 4.29. The van der Waals surface area contributed by atoms with E-state index < -0.39 is 0 Å². The van der Waals surface area contributed by atoms with Crippen LogP contribution >= 0.6 is 0 Å². The average Bonchev–Trinajstić information content (AvgIpc) is 2.61. The molecule has 1 radical (unpaired) electrons. The maximum Gasteiger partial charge on any atom is 0.120 e. The Balaban J connectivity index is 1.49. The van der Waals surface area contributed by atoms with Crippen molar-refractivity contribution in [3.05, 3.63) is 72.1 Å². The lowest BCUT2D eigenvalue weighted by atomic mass is 10.1. The van der Waals surface area contributed by atoms with Crippen LogP contribution in [-0.2, 0) is 6.61 Å². The highest BCUT2D eigenvalue weighted by atomic mass is 16.5. The Bertz CT molecular complexity index is 592. The molecule has 1 aliphatic heterocycles. The lowest BCUT2D eigenvalue weighted by molar-refractivity contribution is 0.164. The summed E-state index contributed by atoms with van der Waals surface area (Å²) in [6.07, 6.45) is 2.29. The fourth-order valence-electron chi connectivity index (χ4n) is 2.74. The fraction of sp³-hybridized carbons (Fsp3) is 0.350. The first-order valence-corrected chi connectivity index (χ1v) is 8.30. The van der Waals surface area contributed by atoms with E-state index in [1.54, 1.807) is 0 Å². The Morgan fingerprint density at radius 1 is 0.957 bits per heavy atom. The molecule has 0 saturated carbocycles. The summed E-state index contributed by atoms with van der Waals surface area (Å²) >= 11 is 0. The quantitative estimate of drug-likeness (QED) is 0.815. The van der Waals surface area contributed by atoms with E-state index in [9.17, 15) is 0 Å².